The highest BCUT2D eigenvalue weighted by Gasteiger charge is 2.52. The van der Waals surface area contributed by atoms with Gasteiger partial charge in [-0.2, -0.15) is 0 Å². The molecule has 3 nitrogen and oxygen atoms in total. The third kappa shape index (κ3) is 0.978. The monoisotopic (exact) mass is 203 g/mol. The van der Waals surface area contributed by atoms with E-state index in [9.17, 15) is 4.79 Å². The second-order valence-corrected chi connectivity index (χ2v) is 4.35. The summed E-state index contributed by atoms with van der Waals surface area (Å²) in [4.78, 5) is 11.8. The van der Waals surface area contributed by atoms with E-state index in [0.717, 1.165) is 35.3 Å². The first-order chi connectivity index (χ1) is 7.18. The predicted octanol–water partition coefficient (Wildman–Crippen LogP) is 1.74. The molecule has 15 heavy (non-hydrogen) atoms. The van der Waals surface area contributed by atoms with E-state index >= 15 is 0 Å². The number of nitrogens with one attached hydrogen (secondary N) is 1. The predicted molar refractivity (Wildman–Crippen MR) is 56.1 cm³/mol. The Kier molecular flexibility index (Phi) is 1.48. The molecule has 0 bridgehead atoms. The molecule has 0 atom stereocenters. The van der Waals surface area contributed by atoms with Crippen LogP contribution in [0.4, 0.5) is 0 Å². The smallest absolute Gasteiger partial charge is 0.252 e. The average Bonchev–Trinajstić information content (AvgIpc) is 2.91. The fourth-order valence-corrected chi connectivity index (χ4v) is 2.47. The molecule has 1 aromatic carbocycles. The first-order valence-electron chi connectivity index (χ1n) is 5.18. The second kappa shape index (κ2) is 2.54. The van der Waals surface area contributed by atoms with Gasteiger partial charge in [0.25, 0.3) is 5.91 Å². The molecule has 0 aromatic heterocycles. The van der Waals surface area contributed by atoms with Crippen LogP contribution in [0, 0.1) is 6.92 Å². The largest absolute Gasteiger partial charge is 0.496 e. The van der Waals surface area contributed by atoms with Crippen LogP contribution in [0.25, 0.3) is 0 Å². The Labute approximate surface area is 88.4 Å². The van der Waals surface area contributed by atoms with Gasteiger partial charge in [0, 0.05) is 5.56 Å². The lowest BCUT2D eigenvalue weighted by Gasteiger charge is -2.10. The SMILES string of the molecule is COc1ccc2c(c1C)C(=O)NC21CC1. The second-order valence-electron chi connectivity index (χ2n) is 4.35. The normalized spacial score (nSPS) is 20.0. The van der Waals surface area contributed by atoms with Crippen molar-refractivity contribution in [2.75, 3.05) is 7.11 Å². The van der Waals surface area contributed by atoms with Gasteiger partial charge in [0.05, 0.1) is 18.2 Å². The van der Waals surface area contributed by atoms with Crippen molar-refractivity contribution in [3.05, 3.63) is 28.8 Å². The molecule has 1 aliphatic carbocycles. The van der Waals surface area contributed by atoms with E-state index in [-0.39, 0.29) is 11.4 Å². The zero-order valence-corrected chi connectivity index (χ0v) is 8.89. The fourth-order valence-electron chi connectivity index (χ4n) is 2.47. The Morgan fingerprint density at radius 2 is 2.13 bits per heavy atom. The number of fused-ring (bicyclic) bond motifs is 2. The fraction of sp³-hybridized carbons (Fsp3) is 0.417. The maximum Gasteiger partial charge on any atom is 0.252 e. The molecule has 1 fully saturated rings. The van der Waals surface area contributed by atoms with Gasteiger partial charge >= 0.3 is 0 Å². The summed E-state index contributed by atoms with van der Waals surface area (Å²) < 4.78 is 5.23. The van der Waals surface area contributed by atoms with Gasteiger partial charge in [-0.15, -0.1) is 0 Å². The lowest BCUT2D eigenvalue weighted by atomic mass is 9.98. The average molecular weight is 203 g/mol. The highest BCUT2D eigenvalue weighted by Crippen LogP contribution is 2.51. The number of hydrogen-bond donors (Lipinski definition) is 1. The van der Waals surface area contributed by atoms with E-state index in [0.29, 0.717) is 0 Å². The summed E-state index contributed by atoms with van der Waals surface area (Å²) in [6, 6.07) is 3.97. The van der Waals surface area contributed by atoms with Gasteiger partial charge in [0.15, 0.2) is 0 Å². The zero-order chi connectivity index (χ0) is 10.6. The van der Waals surface area contributed by atoms with Crippen LogP contribution in [0.1, 0.15) is 34.3 Å². The number of methoxy groups -OCH3 is 1. The molecule has 1 amide bonds. The molecular weight excluding hydrogens is 190 g/mol. The van der Waals surface area contributed by atoms with Gasteiger partial charge < -0.3 is 10.1 Å². The van der Waals surface area contributed by atoms with Crippen LogP contribution >= 0.6 is 0 Å². The Morgan fingerprint density at radius 3 is 2.73 bits per heavy atom. The molecule has 0 radical (unpaired) electrons. The van der Waals surface area contributed by atoms with Crippen molar-refractivity contribution < 1.29 is 9.53 Å². The minimum atomic E-state index is -0.0244. The third-order valence-electron chi connectivity index (χ3n) is 3.48. The molecule has 1 N–H and O–H groups in total. The van der Waals surface area contributed by atoms with Gasteiger partial charge in [-0.1, -0.05) is 6.07 Å². The summed E-state index contributed by atoms with van der Waals surface area (Å²) in [7, 11) is 1.63. The van der Waals surface area contributed by atoms with Gasteiger partial charge in [-0.05, 0) is 31.4 Å². The molecule has 78 valence electrons. The number of amides is 1. The van der Waals surface area contributed by atoms with E-state index in [2.05, 4.69) is 5.32 Å². The first-order valence-corrected chi connectivity index (χ1v) is 5.18. The van der Waals surface area contributed by atoms with Crippen molar-refractivity contribution in [1.29, 1.82) is 0 Å². The Balaban J connectivity index is 2.24. The van der Waals surface area contributed by atoms with E-state index in [1.165, 1.54) is 0 Å². The zero-order valence-electron chi connectivity index (χ0n) is 8.89. The first kappa shape index (κ1) is 8.77. The highest BCUT2D eigenvalue weighted by atomic mass is 16.5. The summed E-state index contributed by atoms with van der Waals surface area (Å²) in [5, 5.41) is 3.07. The Morgan fingerprint density at radius 1 is 1.40 bits per heavy atom. The number of benzene rings is 1. The molecule has 0 unspecified atom stereocenters. The molecule has 1 spiro atoms. The number of ether oxygens (including phenoxy) is 1. The minimum Gasteiger partial charge on any atom is -0.496 e. The maximum absolute atomic E-state index is 11.8. The number of carbonyl (C=O) groups is 1. The Bertz CT molecular complexity index is 461. The molecule has 3 heteroatoms. The van der Waals surface area contributed by atoms with Crippen LogP contribution < -0.4 is 10.1 Å². The van der Waals surface area contributed by atoms with E-state index in [4.69, 9.17) is 4.74 Å². The molecule has 1 aromatic rings. The van der Waals surface area contributed by atoms with Crippen molar-refractivity contribution in [2.24, 2.45) is 0 Å². The summed E-state index contributed by atoms with van der Waals surface area (Å²) >= 11 is 0. The number of hydrogen-bond acceptors (Lipinski definition) is 2. The molecular formula is C12H13NO2. The van der Waals surface area contributed by atoms with Crippen molar-refractivity contribution in [3.8, 4) is 5.75 Å². The molecule has 1 aliphatic heterocycles. The van der Waals surface area contributed by atoms with Crippen molar-refractivity contribution in [1.82, 2.24) is 5.32 Å². The van der Waals surface area contributed by atoms with Crippen LogP contribution in [-0.2, 0) is 5.54 Å². The van der Waals surface area contributed by atoms with Gasteiger partial charge in [0.1, 0.15) is 5.75 Å². The van der Waals surface area contributed by atoms with Crippen LogP contribution in [0.15, 0.2) is 12.1 Å². The van der Waals surface area contributed by atoms with Crippen molar-refractivity contribution in [2.45, 2.75) is 25.3 Å². The quantitative estimate of drug-likeness (QED) is 0.755. The molecule has 1 saturated carbocycles. The van der Waals surface area contributed by atoms with E-state index < -0.39 is 0 Å². The van der Waals surface area contributed by atoms with Crippen LogP contribution in [0.2, 0.25) is 0 Å². The maximum atomic E-state index is 11.8. The summed E-state index contributed by atoms with van der Waals surface area (Å²) in [6.45, 7) is 1.94. The van der Waals surface area contributed by atoms with Gasteiger partial charge in [0.2, 0.25) is 0 Å². The molecule has 0 saturated heterocycles. The number of rotatable bonds is 1. The summed E-state index contributed by atoms with van der Waals surface area (Å²) in [5.41, 5.74) is 2.91. The third-order valence-corrected chi connectivity index (χ3v) is 3.48. The lowest BCUT2D eigenvalue weighted by molar-refractivity contribution is 0.0952. The highest BCUT2D eigenvalue weighted by molar-refractivity contribution is 6.02. The minimum absolute atomic E-state index is 0.0244. The standard InChI is InChI=1S/C12H13NO2/c1-7-9(15-2)4-3-8-10(7)11(14)13-12(8)5-6-12/h3-4H,5-6H2,1-2H3,(H,13,14). The van der Waals surface area contributed by atoms with Crippen LogP contribution in [0.3, 0.4) is 0 Å². The van der Waals surface area contributed by atoms with Crippen molar-refractivity contribution >= 4 is 5.91 Å². The summed E-state index contributed by atoms with van der Waals surface area (Å²) in [5.74, 6) is 0.848. The van der Waals surface area contributed by atoms with E-state index in [1.807, 2.05) is 19.1 Å². The van der Waals surface area contributed by atoms with Crippen molar-refractivity contribution in [3.63, 3.8) is 0 Å². The molecule has 3 rings (SSSR count). The van der Waals surface area contributed by atoms with E-state index in [1.54, 1.807) is 7.11 Å². The Hall–Kier alpha value is -1.51. The van der Waals surface area contributed by atoms with Crippen LogP contribution in [-0.4, -0.2) is 13.0 Å². The van der Waals surface area contributed by atoms with Gasteiger partial charge in [-0.3, -0.25) is 4.79 Å². The number of carbonyl (C=O) groups excluding carboxylic acids is 1. The lowest BCUT2D eigenvalue weighted by Crippen LogP contribution is -2.25. The summed E-state index contributed by atoms with van der Waals surface area (Å²) in [6.07, 6.45) is 2.13. The van der Waals surface area contributed by atoms with Gasteiger partial charge in [-0.25, -0.2) is 0 Å². The topological polar surface area (TPSA) is 38.3 Å². The van der Waals surface area contributed by atoms with Crippen LogP contribution in [0.5, 0.6) is 5.75 Å². The molecule has 1 heterocycles. The molecule has 2 aliphatic rings.